The van der Waals surface area contributed by atoms with Gasteiger partial charge in [0.2, 0.25) is 15.9 Å². The number of hydrogen-bond acceptors (Lipinski definition) is 5. The van der Waals surface area contributed by atoms with Gasteiger partial charge in [-0.3, -0.25) is 4.79 Å². The fourth-order valence-electron chi connectivity index (χ4n) is 3.30. The standard InChI is InChI=1S/C20H17ClIN3O3S2/c21-14-5-9-16(10-6-14)30(27,28)25-11-1-2-18(25)19(26)24-20-23-17(12-29-20)13-3-7-15(22)8-4-13/h3-10,12,18H,1-2,11H2,(H,23,24,26). The first-order valence-electron chi connectivity index (χ1n) is 9.14. The Bertz CT molecular complexity index is 1160. The largest absolute Gasteiger partial charge is 0.301 e. The number of nitrogens with zero attached hydrogens (tertiary/aromatic N) is 2. The minimum Gasteiger partial charge on any atom is -0.301 e. The average Bonchev–Trinajstić information content (AvgIpc) is 3.39. The number of sulfonamides is 1. The van der Waals surface area contributed by atoms with Gasteiger partial charge in [-0.05, 0) is 71.8 Å². The summed E-state index contributed by atoms with van der Waals surface area (Å²) in [6.45, 7) is 0.300. The normalized spacial score (nSPS) is 17.2. The molecule has 1 aromatic heterocycles. The molecule has 1 aliphatic heterocycles. The fourth-order valence-corrected chi connectivity index (χ4v) is 6.17. The summed E-state index contributed by atoms with van der Waals surface area (Å²) in [5.74, 6) is -0.367. The van der Waals surface area contributed by atoms with Gasteiger partial charge >= 0.3 is 0 Å². The van der Waals surface area contributed by atoms with Gasteiger partial charge in [-0.1, -0.05) is 23.7 Å². The first-order valence-corrected chi connectivity index (χ1v) is 12.9. The molecule has 1 atom stereocenters. The molecular weight excluding hydrogens is 557 g/mol. The Morgan fingerprint density at radius 1 is 1.17 bits per heavy atom. The van der Waals surface area contributed by atoms with Crippen molar-refractivity contribution in [2.45, 2.75) is 23.8 Å². The molecular formula is C20H17ClIN3O3S2. The predicted octanol–water partition coefficient (Wildman–Crippen LogP) is 4.86. The van der Waals surface area contributed by atoms with Gasteiger partial charge in [-0.15, -0.1) is 11.3 Å². The Balaban J connectivity index is 1.50. The van der Waals surface area contributed by atoms with Crippen molar-refractivity contribution in [3.63, 3.8) is 0 Å². The SMILES string of the molecule is O=C(Nc1nc(-c2ccc(I)cc2)cs1)C1CCCN1S(=O)(=O)c1ccc(Cl)cc1. The third-order valence-electron chi connectivity index (χ3n) is 4.80. The molecule has 1 N–H and O–H groups in total. The minimum atomic E-state index is -3.79. The zero-order valence-electron chi connectivity index (χ0n) is 15.6. The third kappa shape index (κ3) is 4.54. The van der Waals surface area contributed by atoms with Crippen LogP contribution in [0.15, 0.2) is 58.8 Å². The van der Waals surface area contributed by atoms with E-state index in [1.54, 1.807) is 0 Å². The molecule has 0 radical (unpaired) electrons. The van der Waals surface area contributed by atoms with Crippen LogP contribution in [0.5, 0.6) is 0 Å². The molecule has 2 heterocycles. The number of amides is 1. The van der Waals surface area contributed by atoms with Crippen LogP contribution in [-0.2, 0) is 14.8 Å². The topological polar surface area (TPSA) is 79.4 Å². The number of rotatable bonds is 5. The van der Waals surface area contributed by atoms with E-state index in [2.05, 4.69) is 32.9 Å². The van der Waals surface area contributed by atoms with E-state index in [0.717, 1.165) is 14.8 Å². The highest BCUT2D eigenvalue weighted by Crippen LogP contribution is 2.29. The quantitative estimate of drug-likeness (QED) is 0.442. The number of hydrogen-bond donors (Lipinski definition) is 1. The summed E-state index contributed by atoms with van der Waals surface area (Å²) in [5, 5.41) is 5.56. The van der Waals surface area contributed by atoms with Crippen LogP contribution in [-0.4, -0.2) is 36.2 Å². The maximum absolute atomic E-state index is 13.0. The number of thiazole rings is 1. The van der Waals surface area contributed by atoms with Crippen LogP contribution in [0.25, 0.3) is 11.3 Å². The highest BCUT2D eigenvalue weighted by Gasteiger charge is 2.39. The number of nitrogens with one attached hydrogen (secondary N) is 1. The van der Waals surface area contributed by atoms with Crippen molar-refractivity contribution >= 4 is 66.6 Å². The van der Waals surface area contributed by atoms with E-state index in [0.29, 0.717) is 29.5 Å². The molecule has 0 aliphatic carbocycles. The van der Waals surface area contributed by atoms with Gasteiger partial charge in [0.15, 0.2) is 5.13 Å². The highest BCUT2D eigenvalue weighted by molar-refractivity contribution is 14.1. The van der Waals surface area contributed by atoms with Crippen molar-refractivity contribution in [3.8, 4) is 11.3 Å². The zero-order chi connectivity index (χ0) is 21.3. The summed E-state index contributed by atoms with van der Waals surface area (Å²) in [6, 6.07) is 13.1. The lowest BCUT2D eigenvalue weighted by atomic mass is 10.2. The Kier molecular flexibility index (Phi) is 6.44. The van der Waals surface area contributed by atoms with Crippen molar-refractivity contribution < 1.29 is 13.2 Å². The Morgan fingerprint density at radius 2 is 1.87 bits per heavy atom. The second-order valence-electron chi connectivity index (χ2n) is 6.76. The van der Waals surface area contributed by atoms with Crippen LogP contribution in [0.3, 0.4) is 0 Å². The third-order valence-corrected chi connectivity index (χ3v) is 8.45. The molecule has 10 heteroatoms. The number of aromatic nitrogens is 1. The maximum Gasteiger partial charge on any atom is 0.244 e. The van der Waals surface area contributed by atoms with Crippen LogP contribution < -0.4 is 5.32 Å². The summed E-state index contributed by atoms with van der Waals surface area (Å²) in [7, 11) is -3.79. The fraction of sp³-hybridized carbons (Fsp3) is 0.200. The maximum atomic E-state index is 13.0. The number of benzene rings is 2. The number of anilines is 1. The van der Waals surface area contributed by atoms with Gasteiger partial charge in [-0.25, -0.2) is 13.4 Å². The second kappa shape index (κ2) is 8.91. The van der Waals surface area contributed by atoms with Crippen LogP contribution >= 0.6 is 45.5 Å². The second-order valence-corrected chi connectivity index (χ2v) is 11.2. The summed E-state index contributed by atoms with van der Waals surface area (Å²) < 4.78 is 28.4. The van der Waals surface area contributed by atoms with E-state index >= 15 is 0 Å². The van der Waals surface area contributed by atoms with Gasteiger partial charge in [0, 0.05) is 26.1 Å². The van der Waals surface area contributed by atoms with Crippen LogP contribution in [0, 0.1) is 3.57 Å². The van der Waals surface area contributed by atoms with Crippen LogP contribution in [0.4, 0.5) is 5.13 Å². The van der Waals surface area contributed by atoms with E-state index < -0.39 is 16.1 Å². The summed E-state index contributed by atoms with van der Waals surface area (Å²) in [5.41, 5.74) is 1.73. The molecule has 1 amide bonds. The molecule has 3 aromatic rings. The summed E-state index contributed by atoms with van der Waals surface area (Å²) >= 11 is 9.42. The lowest BCUT2D eigenvalue weighted by Crippen LogP contribution is -2.43. The van der Waals surface area contributed by atoms with Crippen molar-refractivity contribution in [2.24, 2.45) is 0 Å². The molecule has 0 spiro atoms. The van der Waals surface area contributed by atoms with Gasteiger partial charge < -0.3 is 5.32 Å². The smallest absolute Gasteiger partial charge is 0.244 e. The van der Waals surface area contributed by atoms with Crippen LogP contribution in [0.2, 0.25) is 5.02 Å². The Labute approximate surface area is 197 Å². The van der Waals surface area contributed by atoms with Crippen molar-refractivity contribution in [1.82, 2.24) is 9.29 Å². The molecule has 1 aliphatic rings. The molecule has 156 valence electrons. The van der Waals surface area contributed by atoms with Gasteiger partial charge in [0.05, 0.1) is 10.6 Å². The predicted molar refractivity (Wildman–Crippen MR) is 127 cm³/mol. The molecule has 2 aromatic carbocycles. The van der Waals surface area contributed by atoms with Crippen molar-refractivity contribution in [3.05, 3.63) is 62.5 Å². The Hall–Kier alpha value is -1.53. The van der Waals surface area contributed by atoms with Gasteiger partial charge in [0.25, 0.3) is 0 Å². The van der Waals surface area contributed by atoms with Crippen molar-refractivity contribution in [1.29, 1.82) is 0 Å². The highest BCUT2D eigenvalue weighted by atomic mass is 127. The first-order chi connectivity index (χ1) is 14.3. The van der Waals surface area contributed by atoms with Crippen LogP contribution in [0.1, 0.15) is 12.8 Å². The number of halogens is 2. The van der Waals surface area contributed by atoms with E-state index in [-0.39, 0.29) is 10.8 Å². The molecule has 1 fully saturated rings. The minimum absolute atomic E-state index is 0.127. The summed E-state index contributed by atoms with van der Waals surface area (Å²) in [4.78, 5) is 17.5. The number of carbonyl (C=O) groups excluding carboxylic acids is 1. The van der Waals surface area contributed by atoms with E-state index in [1.807, 2.05) is 29.6 Å². The average molecular weight is 574 g/mol. The molecule has 1 unspecified atom stereocenters. The van der Waals surface area contributed by atoms with Gasteiger partial charge in [-0.2, -0.15) is 4.31 Å². The number of carbonyl (C=O) groups is 1. The molecule has 4 rings (SSSR count). The lowest BCUT2D eigenvalue weighted by Gasteiger charge is -2.23. The monoisotopic (exact) mass is 573 g/mol. The molecule has 1 saturated heterocycles. The van der Waals surface area contributed by atoms with E-state index in [4.69, 9.17) is 11.6 Å². The van der Waals surface area contributed by atoms with E-state index in [9.17, 15) is 13.2 Å². The van der Waals surface area contributed by atoms with Gasteiger partial charge in [0.1, 0.15) is 6.04 Å². The molecule has 6 nitrogen and oxygen atoms in total. The molecule has 0 saturated carbocycles. The summed E-state index contributed by atoms with van der Waals surface area (Å²) in [6.07, 6.45) is 1.09. The van der Waals surface area contributed by atoms with Crippen molar-refractivity contribution in [2.75, 3.05) is 11.9 Å². The molecule has 30 heavy (non-hydrogen) atoms. The molecule has 0 bridgehead atoms. The van der Waals surface area contributed by atoms with E-state index in [1.165, 1.54) is 39.9 Å². The lowest BCUT2D eigenvalue weighted by molar-refractivity contribution is -0.119. The Morgan fingerprint density at radius 3 is 2.57 bits per heavy atom. The zero-order valence-corrected chi connectivity index (χ0v) is 20.1. The first kappa shape index (κ1) is 21.7.